The van der Waals surface area contributed by atoms with Crippen LogP contribution < -0.4 is 4.90 Å². The molecule has 1 aromatic heterocycles. The molecule has 0 N–H and O–H groups in total. The molecule has 0 atom stereocenters. The Morgan fingerprint density at radius 1 is 1.08 bits per heavy atom. The molecule has 7 heteroatoms. The first kappa shape index (κ1) is 16.4. The van der Waals surface area contributed by atoms with Crippen LogP contribution in [-0.2, 0) is 6.18 Å². The third-order valence-electron chi connectivity index (χ3n) is 4.14. The Bertz CT molecular complexity index is 711. The van der Waals surface area contributed by atoms with E-state index in [-0.39, 0.29) is 17.6 Å². The van der Waals surface area contributed by atoms with Gasteiger partial charge < -0.3 is 4.90 Å². The summed E-state index contributed by atoms with van der Waals surface area (Å²) in [6, 6.07) is 9.91. The van der Waals surface area contributed by atoms with Crippen LogP contribution in [0.3, 0.4) is 0 Å². The number of halogens is 3. The third kappa shape index (κ3) is 3.55. The summed E-state index contributed by atoms with van der Waals surface area (Å²) in [5.41, 5.74) is -0.277. The number of nitrogens with zero attached hydrogens (tertiary/aromatic N) is 3. The molecule has 0 spiro atoms. The number of Topliss-reactive ketones (excluding diaryl/α,β-unsaturated/α-hetero) is 1. The molecule has 0 unspecified atom stereocenters. The summed E-state index contributed by atoms with van der Waals surface area (Å²) in [5.74, 6) is 0.0325. The SMILES string of the molecule is O=C(c1ccccc1)C1CCN(c2nccc(C(F)(F)F)n2)CC1. The fraction of sp³-hybridized carbons (Fsp3) is 0.353. The molecule has 0 radical (unpaired) electrons. The summed E-state index contributed by atoms with van der Waals surface area (Å²) < 4.78 is 38.2. The highest BCUT2D eigenvalue weighted by Gasteiger charge is 2.34. The van der Waals surface area contributed by atoms with Crippen molar-refractivity contribution in [2.75, 3.05) is 18.0 Å². The zero-order valence-corrected chi connectivity index (χ0v) is 12.8. The van der Waals surface area contributed by atoms with Gasteiger partial charge in [-0.05, 0) is 18.9 Å². The average Bonchev–Trinajstić information content (AvgIpc) is 2.61. The Morgan fingerprint density at radius 3 is 2.38 bits per heavy atom. The van der Waals surface area contributed by atoms with Gasteiger partial charge in [-0.3, -0.25) is 4.79 Å². The van der Waals surface area contributed by atoms with Crippen molar-refractivity contribution in [3.63, 3.8) is 0 Å². The highest BCUT2D eigenvalue weighted by molar-refractivity contribution is 5.97. The molecule has 1 aromatic carbocycles. The molecule has 2 aromatic rings. The topological polar surface area (TPSA) is 46.1 Å². The average molecular weight is 335 g/mol. The van der Waals surface area contributed by atoms with Gasteiger partial charge in [0.05, 0.1) is 0 Å². The van der Waals surface area contributed by atoms with Crippen LogP contribution in [0.1, 0.15) is 28.9 Å². The first-order valence-corrected chi connectivity index (χ1v) is 7.69. The standard InChI is InChI=1S/C17H16F3N3O/c18-17(19,20)14-6-9-21-16(22-14)23-10-7-13(8-11-23)15(24)12-4-2-1-3-5-12/h1-6,9,13H,7-8,10-11H2. The van der Waals surface area contributed by atoms with E-state index in [9.17, 15) is 18.0 Å². The minimum absolute atomic E-state index is 0.0652. The van der Waals surface area contributed by atoms with E-state index in [1.807, 2.05) is 18.2 Å². The predicted octanol–water partition coefficient (Wildman–Crippen LogP) is 3.59. The van der Waals surface area contributed by atoms with Crippen LogP contribution in [0, 0.1) is 5.92 Å². The Labute approximate surface area is 137 Å². The number of aromatic nitrogens is 2. The molecule has 0 aliphatic carbocycles. The summed E-state index contributed by atoms with van der Waals surface area (Å²) in [7, 11) is 0. The first-order valence-electron chi connectivity index (χ1n) is 7.69. The smallest absolute Gasteiger partial charge is 0.341 e. The maximum atomic E-state index is 12.7. The Balaban J connectivity index is 1.66. The van der Waals surface area contributed by atoms with Crippen LogP contribution in [0.15, 0.2) is 42.6 Å². The van der Waals surface area contributed by atoms with Crippen molar-refractivity contribution in [1.29, 1.82) is 0 Å². The number of piperidine rings is 1. The van der Waals surface area contributed by atoms with Crippen molar-refractivity contribution in [1.82, 2.24) is 9.97 Å². The van der Waals surface area contributed by atoms with E-state index in [1.165, 1.54) is 0 Å². The monoisotopic (exact) mass is 335 g/mol. The molecule has 126 valence electrons. The maximum Gasteiger partial charge on any atom is 0.433 e. The van der Waals surface area contributed by atoms with Crippen LogP contribution in [0.4, 0.5) is 19.1 Å². The fourth-order valence-corrected chi connectivity index (χ4v) is 2.84. The van der Waals surface area contributed by atoms with E-state index in [0.717, 1.165) is 12.3 Å². The Kier molecular flexibility index (Phi) is 4.51. The van der Waals surface area contributed by atoms with Crippen LogP contribution in [-0.4, -0.2) is 28.8 Å². The van der Waals surface area contributed by atoms with Crippen molar-refractivity contribution in [2.45, 2.75) is 19.0 Å². The maximum absolute atomic E-state index is 12.7. The number of alkyl halides is 3. The van der Waals surface area contributed by atoms with Crippen molar-refractivity contribution < 1.29 is 18.0 Å². The van der Waals surface area contributed by atoms with Gasteiger partial charge in [-0.2, -0.15) is 13.2 Å². The molecule has 24 heavy (non-hydrogen) atoms. The second-order valence-corrected chi connectivity index (χ2v) is 5.73. The summed E-state index contributed by atoms with van der Waals surface area (Å²) in [4.78, 5) is 21.7. The van der Waals surface area contributed by atoms with Gasteiger partial charge in [-0.25, -0.2) is 9.97 Å². The molecule has 4 nitrogen and oxygen atoms in total. The van der Waals surface area contributed by atoms with Crippen molar-refractivity contribution in [3.8, 4) is 0 Å². The molecule has 0 saturated carbocycles. The number of ketones is 1. The molecule has 1 saturated heterocycles. The molecule has 0 amide bonds. The van der Waals surface area contributed by atoms with Gasteiger partial charge in [0.15, 0.2) is 5.78 Å². The number of anilines is 1. The number of rotatable bonds is 3. The van der Waals surface area contributed by atoms with Crippen molar-refractivity contribution in [2.24, 2.45) is 5.92 Å². The van der Waals surface area contributed by atoms with E-state index < -0.39 is 11.9 Å². The molecule has 0 bridgehead atoms. The van der Waals surface area contributed by atoms with Crippen molar-refractivity contribution >= 4 is 11.7 Å². The summed E-state index contributed by atoms with van der Waals surface area (Å²) in [5, 5.41) is 0. The highest BCUT2D eigenvalue weighted by Crippen LogP contribution is 2.29. The van der Waals surface area contributed by atoms with E-state index in [2.05, 4.69) is 9.97 Å². The lowest BCUT2D eigenvalue weighted by Crippen LogP contribution is -2.37. The number of carbonyl (C=O) groups is 1. The first-order chi connectivity index (χ1) is 11.4. The predicted molar refractivity (Wildman–Crippen MR) is 82.7 cm³/mol. The van der Waals surface area contributed by atoms with Crippen LogP contribution in [0.2, 0.25) is 0 Å². The van der Waals surface area contributed by atoms with E-state index in [4.69, 9.17) is 0 Å². The summed E-state index contributed by atoms with van der Waals surface area (Å²) in [6.07, 6.45) is -2.22. The van der Waals surface area contributed by atoms with E-state index >= 15 is 0 Å². The Morgan fingerprint density at radius 2 is 1.75 bits per heavy atom. The van der Waals surface area contributed by atoms with Gasteiger partial charge >= 0.3 is 6.18 Å². The Hall–Kier alpha value is -2.44. The number of carbonyl (C=O) groups excluding carboxylic acids is 1. The molecular weight excluding hydrogens is 319 g/mol. The van der Waals surface area contributed by atoms with Crippen molar-refractivity contribution in [3.05, 3.63) is 53.9 Å². The molecule has 2 heterocycles. The van der Waals surface area contributed by atoms with Crippen LogP contribution >= 0.6 is 0 Å². The molecular formula is C17H16F3N3O. The molecule has 1 aliphatic rings. The van der Waals surface area contributed by atoms with E-state index in [0.29, 0.717) is 31.5 Å². The molecule has 1 fully saturated rings. The minimum Gasteiger partial charge on any atom is -0.341 e. The van der Waals surface area contributed by atoms with Crippen LogP contribution in [0.5, 0.6) is 0 Å². The number of hydrogen-bond acceptors (Lipinski definition) is 4. The fourth-order valence-electron chi connectivity index (χ4n) is 2.84. The van der Waals surface area contributed by atoms with E-state index in [1.54, 1.807) is 17.0 Å². The third-order valence-corrected chi connectivity index (χ3v) is 4.14. The summed E-state index contributed by atoms with van der Waals surface area (Å²) >= 11 is 0. The zero-order valence-electron chi connectivity index (χ0n) is 12.8. The van der Waals surface area contributed by atoms with Gasteiger partial charge in [-0.15, -0.1) is 0 Å². The largest absolute Gasteiger partial charge is 0.433 e. The minimum atomic E-state index is -4.49. The number of hydrogen-bond donors (Lipinski definition) is 0. The normalized spacial score (nSPS) is 16.2. The lowest BCUT2D eigenvalue weighted by molar-refractivity contribution is -0.141. The van der Waals surface area contributed by atoms with Gasteiger partial charge in [0.25, 0.3) is 0 Å². The molecule has 1 aliphatic heterocycles. The zero-order chi connectivity index (χ0) is 17.2. The number of benzene rings is 1. The van der Waals surface area contributed by atoms with Gasteiger partial charge in [0.2, 0.25) is 5.95 Å². The lowest BCUT2D eigenvalue weighted by Gasteiger charge is -2.31. The second kappa shape index (κ2) is 6.59. The summed E-state index contributed by atoms with van der Waals surface area (Å²) in [6.45, 7) is 0.926. The van der Waals surface area contributed by atoms with Gasteiger partial charge in [0.1, 0.15) is 5.69 Å². The highest BCUT2D eigenvalue weighted by atomic mass is 19.4. The van der Waals surface area contributed by atoms with Gasteiger partial charge in [-0.1, -0.05) is 30.3 Å². The molecule has 3 rings (SSSR count). The van der Waals surface area contributed by atoms with Gasteiger partial charge in [0, 0.05) is 30.8 Å². The lowest BCUT2D eigenvalue weighted by atomic mass is 9.89. The quantitative estimate of drug-likeness (QED) is 0.804. The van der Waals surface area contributed by atoms with Crippen LogP contribution in [0.25, 0.3) is 0 Å². The second-order valence-electron chi connectivity index (χ2n) is 5.73.